The average molecular weight is 394 g/mol. The van der Waals surface area contributed by atoms with Gasteiger partial charge in [-0.1, -0.05) is 44.9 Å². The average Bonchev–Trinajstić information content (AvgIpc) is 2.94. The second-order valence-corrected chi connectivity index (χ2v) is 9.77. The van der Waals surface area contributed by atoms with Gasteiger partial charge in [0.2, 0.25) is 5.95 Å². The van der Waals surface area contributed by atoms with Gasteiger partial charge >= 0.3 is 0 Å². The maximum Gasteiger partial charge on any atom is 0.212 e. The van der Waals surface area contributed by atoms with Gasteiger partial charge < -0.3 is 5.32 Å². The summed E-state index contributed by atoms with van der Waals surface area (Å²) in [4.78, 5) is 5.27. The largest absolute Gasteiger partial charge is 0.329 e. The number of hydrogen-bond acceptors (Lipinski definition) is 2. The van der Waals surface area contributed by atoms with Gasteiger partial charge in [0.1, 0.15) is 0 Å². The van der Waals surface area contributed by atoms with Gasteiger partial charge in [-0.3, -0.25) is 4.57 Å². The first-order valence-electron chi connectivity index (χ1n) is 12.7. The molecule has 0 saturated heterocycles. The lowest BCUT2D eigenvalue weighted by Crippen LogP contribution is -2.08. The monoisotopic (exact) mass is 393 g/mol. The third kappa shape index (κ3) is 4.07. The SMILES string of the molecule is C1CCCC2=C(CCC1)C1=C(CCCCC1)n1c(nc3c1CCCCCCC3)N2. The summed E-state index contributed by atoms with van der Waals surface area (Å²) in [5.74, 6) is 1.16. The maximum atomic E-state index is 5.27. The quantitative estimate of drug-likeness (QED) is 0.493. The van der Waals surface area contributed by atoms with Crippen LogP contribution in [0.4, 0.5) is 5.95 Å². The zero-order chi connectivity index (χ0) is 19.5. The van der Waals surface area contributed by atoms with Crippen molar-refractivity contribution in [3.63, 3.8) is 0 Å². The number of anilines is 1. The molecule has 3 aliphatic carbocycles. The molecule has 1 aromatic rings. The van der Waals surface area contributed by atoms with Crippen molar-refractivity contribution in [2.75, 3.05) is 5.32 Å². The molecule has 1 aromatic heterocycles. The Hall–Kier alpha value is -1.51. The first-order chi connectivity index (χ1) is 14.4. The molecule has 0 aromatic carbocycles. The summed E-state index contributed by atoms with van der Waals surface area (Å²) in [5, 5.41) is 3.94. The molecule has 0 spiro atoms. The van der Waals surface area contributed by atoms with Crippen molar-refractivity contribution in [1.82, 2.24) is 9.55 Å². The van der Waals surface area contributed by atoms with Crippen molar-refractivity contribution in [3.05, 3.63) is 28.2 Å². The summed E-state index contributed by atoms with van der Waals surface area (Å²) in [6, 6.07) is 0. The molecule has 3 nitrogen and oxygen atoms in total. The number of fused-ring (bicyclic) bond motifs is 5. The van der Waals surface area contributed by atoms with Crippen molar-refractivity contribution < 1.29 is 0 Å². The molecule has 2 heterocycles. The van der Waals surface area contributed by atoms with E-state index in [-0.39, 0.29) is 0 Å². The fourth-order valence-electron chi connectivity index (χ4n) is 6.12. The highest BCUT2D eigenvalue weighted by molar-refractivity contribution is 5.68. The predicted molar refractivity (Wildman–Crippen MR) is 122 cm³/mol. The van der Waals surface area contributed by atoms with E-state index in [2.05, 4.69) is 9.88 Å². The van der Waals surface area contributed by atoms with Crippen LogP contribution in [0.2, 0.25) is 0 Å². The molecule has 0 amide bonds. The summed E-state index contributed by atoms with van der Waals surface area (Å²) in [6.07, 6.45) is 25.2. The second kappa shape index (κ2) is 9.10. The van der Waals surface area contributed by atoms with Crippen LogP contribution in [0.1, 0.15) is 121 Å². The van der Waals surface area contributed by atoms with Gasteiger partial charge in [-0.05, 0) is 88.2 Å². The molecule has 4 aliphatic rings. The highest BCUT2D eigenvalue weighted by Gasteiger charge is 2.29. The van der Waals surface area contributed by atoms with Gasteiger partial charge in [0.25, 0.3) is 0 Å². The molecule has 0 saturated carbocycles. The van der Waals surface area contributed by atoms with Crippen LogP contribution >= 0.6 is 0 Å². The Balaban J connectivity index is 1.64. The Morgan fingerprint density at radius 3 is 1.97 bits per heavy atom. The zero-order valence-corrected chi connectivity index (χ0v) is 18.3. The molecule has 0 fully saturated rings. The van der Waals surface area contributed by atoms with Crippen molar-refractivity contribution in [3.8, 4) is 0 Å². The standard InChI is InChI=1S/C26H39N3/c1-3-8-14-20-21-15-9-7-13-18-24(21)29-25-19-12-6-2-5-11-17-23(25)28-26(29)27-22(20)16-10-4-1/h1-19H2,(H,27,28). The number of rotatable bonds is 0. The number of nitrogens with zero attached hydrogens (tertiary/aromatic N) is 2. The van der Waals surface area contributed by atoms with Crippen molar-refractivity contribution in [2.45, 2.75) is 122 Å². The predicted octanol–water partition coefficient (Wildman–Crippen LogP) is 7.53. The van der Waals surface area contributed by atoms with E-state index in [9.17, 15) is 0 Å². The molecule has 0 bridgehead atoms. The van der Waals surface area contributed by atoms with E-state index >= 15 is 0 Å². The minimum absolute atomic E-state index is 1.16. The third-order valence-electron chi connectivity index (χ3n) is 7.69. The van der Waals surface area contributed by atoms with Gasteiger partial charge in [-0.25, -0.2) is 4.98 Å². The molecule has 29 heavy (non-hydrogen) atoms. The van der Waals surface area contributed by atoms with E-state index in [0.717, 1.165) is 5.95 Å². The van der Waals surface area contributed by atoms with Crippen LogP contribution in [0, 0.1) is 0 Å². The van der Waals surface area contributed by atoms with Crippen LogP contribution in [-0.4, -0.2) is 9.55 Å². The normalized spacial score (nSPS) is 24.0. The summed E-state index contributed by atoms with van der Waals surface area (Å²) in [7, 11) is 0. The van der Waals surface area contributed by atoms with Gasteiger partial charge in [0.05, 0.1) is 5.69 Å². The Morgan fingerprint density at radius 1 is 0.552 bits per heavy atom. The van der Waals surface area contributed by atoms with Gasteiger partial charge in [-0.15, -0.1) is 0 Å². The van der Waals surface area contributed by atoms with Crippen LogP contribution < -0.4 is 5.32 Å². The van der Waals surface area contributed by atoms with Crippen molar-refractivity contribution in [2.24, 2.45) is 0 Å². The van der Waals surface area contributed by atoms with Crippen LogP contribution in [-0.2, 0) is 12.8 Å². The fourth-order valence-corrected chi connectivity index (χ4v) is 6.12. The zero-order valence-electron chi connectivity index (χ0n) is 18.3. The molecule has 0 radical (unpaired) electrons. The van der Waals surface area contributed by atoms with Crippen LogP contribution in [0.5, 0.6) is 0 Å². The molecular formula is C26H39N3. The third-order valence-corrected chi connectivity index (χ3v) is 7.69. The van der Waals surface area contributed by atoms with Gasteiger partial charge in [0.15, 0.2) is 0 Å². The van der Waals surface area contributed by atoms with E-state index in [1.165, 1.54) is 133 Å². The maximum absolute atomic E-state index is 5.27. The molecule has 1 N–H and O–H groups in total. The Morgan fingerprint density at radius 2 is 1.14 bits per heavy atom. The molecular weight excluding hydrogens is 354 g/mol. The number of hydrogen-bond donors (Lipinski definition) is 1. The van der Waals surface area contributed by atoms with Crippen LogP contribution in [0.3, 0.4) is 0 Å². The van der Waals surface area contributed by atoms with Crippen LogP contribution in [0.15, 0.2) is 16.8 Å². The Kier molecular flexibility index (Phi) is 6.10. The number of aryl methyl sites for hydroxylation is 1. The molecule has 5 rings (SSSR count). The molecule has 0 unspecified atom stereocenters. The summed E-state index contributed by atoms with van der Waals surface area (Å²) in [5.41, 5.74) is 9.50. The van der Waals surface area contributed by atoms with Gasteiger partial charge in [0, 0.05) is 17.1 Å². The first kappa shape index (κ1) is 19.5. The van der Waals surface area contributed by atoms with E-state index in [0.29, 0.717) is 0 Å². The van der Waals surface area contributed by atoms with E-state index < -0.39 is 0 Å². The first-order valence-corrected chi connectivity index (χ1v) is 12.7. The summed E-state index contributed by atoms with van der Waals surface area (Å²) in [6.45, 7) is 0. The lowest BCUT2D eigenvalue weighted by Gasteiger charge is -2.19. The lowest BCUT2D eigenvalue weighted by molar-refractivity contribution is 0.623. The highest BCUT2D eigenvalue weighted by Crippen LogP contribution is 2.42. The van der Waals surface area contributed by atoms with Crippen molar-refractivity contribution >= 4 is 11.6 Å². The number of allylic oxidation sites excluding steroid dienone is 4. The summed E-state index contributed by atoms with van der Waals surface area (Å²) >= 11 is 0. The lowest BCUT2D eigenvalue weighted by atomic mass is 9.92. The second-order valence-electron chi connectivity index (χ2n) is 9.77. The molecule has 158 valence electrons. The van der Waals surface area contributed by atoms with Crippen LogP contribution in [0.25, 0.3) is 5.70 Å². The molecule has 1 aliphatic heterocycles. The summed E-state index contributed by atoms with van der Waals surface area (Å²) < 4.78 is 2.64. The minimum Gasteiger partial charge on any atom is -0.329 e. The molecule has 3 heteroatoms. The highest BCUT2D eigenvalue weighted by atomic mass is 15.2. The topological polar surface area (TPSA) is 29.9 Å². The van der Waals surface area contributed by atoms with E-state index in [1.54, 1.807) is 22.5 Å². The number of aromatic nitrogens is 2. The molecule has 0 atom stereocenters. The van der Waals surface area contributed by atoms with E-state index in [1.807, 2.05) is 0 Å². The van der Waals surface area contributed by atoms with Crippen molar-refractivity contribution in [1.29, 1.82) is 0 Å². The van der Waals surface area contributed by atoms with E-state index in [4.69, 9.17) is 4.98 Å². The minimum atomic E-state index is 1.16. The number of imidazole rings is 1. The Bertz CT molecular complexity index is 795. The number of nitrogens with one attached hydrogen (secondary N) is 1. The Labute approximate surface area is 177 Å². The smallest absolute Gasteiger partial charge is 0.212 e. The fraction of sp³-hybridized carbons (Fsp3) is 0.731. The van der Waals surface area contributed by atoms with Gasteiger partial charge in [-0.2, -0.15) is 0 Å².